The maximum Gasteiger partial charge on any atom is 0.178 e. The largest absolute Gasteiger partial charge is 0.331 e. The van der Waals surface area contributed by atoms with Gasteiger partial charge in [0.25, 0.3) is 0 Å². The van der Waals surface area contributed by atoms with Crippen molar-refractivity contribution in [1.82, 2.24) is 14.5 Å². The van der Waals surface area contributed by atoms with Gasteiger partial charge in [-0.25, -0.2) is 0 Å². The maximum atomic E-state index is 5.47. The summed E-state index contributed by atoms with van der Waals surface area (Å²) in [7, 11) is 2.21. The number of nitrogens with zero attached hydrogens (tertiary/aromatic N) is 2. The van der Waals surface area contributed by atoms with E-state index in [2.05, 4.69) is 46.6 Å². The molecular formula is C14H19N3S. The van der Waals surface area contributed by atoms with Crippen molar-refractivity contribution in [1.29, 1.82) is 0 Å². The number of nitrogens with one attached hydrogen (secondary N) is 1. The molecule has 2 heterocycles. The fourth-order valence-corrected chi connectivity index (χ4v) is 3.27. The Morgan fingerprint density at radius 1 is 1.44 bits per heavy atom. The van der Waals surface area contributed by atoms with Crippen molar-refractivity contribution >= 4 is 23.3 Å². The van der Waals surface area contributed by atoms with E-state index in [-0.39, 0.29) is 0 Å². The van der Waals surface area contributed by atoms with Crippen LogP contribution in [0.4, 0.5) is 0 Å². The molecule has 3 rings (SSSR count). The summed E-state index contributed by atoms with van der Waals surface area (Å²) in [6.07, 6.45) is 2.58. The Kier molecular flexibility index (Phi) is 2.99. The highest BCUT2D eigenvalue weighted by molar-refractivity contribution is 7.71. The van der Waals surface area contributed by atoms with Crippen molar-refractivity contribution in [2.75, 3.05) is 13.6 Å². The van der Waals surface area contributed by atoms with Gasteiger partial charge in [0.1, 0.15) is 0 Å². The summed E-state index contributed by atoms with van der Waals surface area (Å²) < 4.78 is 3.12. The molecular weight excluding hydrogens is 242 g/mol. The van der Waals surface area contributed by atoms with E-state index in [1.165, 1.54) is 30.5 Å². The number of para-hydroxylation sites is 1. The van der Waals surface area contributed by atoms with E-state index in [0.29, 0.717) is 6.04 Å². The van der Waals surface area contributed by atoms with Crippen molar-refractivity contribution in [3.63, 3.8) is 0 Å². The second-order valence-corrected chi connectivity index (χ2v) is 5.68. The van der Waals surface area contributed by atoms with Crippen LogP contribution >= 0.6 is 12.2 Å². The zero-order valence-electron chi connectivity index (χ0n) is 10.9. The van der Waals surface area contributed by atoms with Crippen LogP contribution in [0, 0.1) is 11.7 Å². The Labute approximate surface area is 112 Å². The van der Waals surface area contributed by atoms with Crippen LogP contribution in [0.5, 0.6) is 0 Å². The zero-order chi connectivity index (χ0) is 12.7. The van der Waals surface area contributed by atoms with Crippen molar-refractivity contribution in [3.05, 3.63) is 28.5 Å². The first-order valence-corrected chi connectivity index (χ1v) is 6.96. The molecule has 0 spiro atoms. The quantitative estimate of drug-likeness (QED) is 0.840. The summed E-state index contributed by atoms with van der Waals surface area (Å²) in [6, 6.07) is 6.96. The Balaban J connectivity index is 2.06. The average Bonchev–Trinajstić information content (AvgIpc) is 2.86. The van der Waals surface area contributed by atoms with Crippen LogP contribution < -0.4 is 0 Å². The number of imidazole rings is 1. The minimum Gasteiger partial charge on any atom is -0.331 e. The molecule has 1 aliphatic rings. The molecule has 0 saturated carbocycles. The molecule has 0 amide bonds. The summed E-state index contributed by atoms with van der Waals surface area (Å²) in [5.41, 5.74) is 3.71. The number of benzene rings is 1. The molecule has 1 aromatic heterocycles. The van der Waals surface area contributed by atoms with Gasteiger partial charge in [0, 0.05) is 12.6 Å². The first kappa shape index (κ1) is 11.9. The third-order valence-electron chi connectivity index (χ3n) is 4.06. The van der Waals surface area contributed by atoms with Crippen LogP contribution in [0.2, 0.25) is 0 Å². The number of aryl methyl sites for hydroxylation is 1. The summed E-state index contributed by atoms with van der Waals surface area (Å²) >= 11 is 5.47. The molecule has 3 nitrogen and oxygen atoms in total. The van der Waals surface area contributed by atoms with E-state index < -0.39 is 0 Å². The van der Waals surface area contributed by atoms with Gasteiger partial charge in [0.15, 0.2) is 4.77 Å². The molecule has 1 unspecified atom stereocenters. The lowest BCUT2D eigenvalue weighted by Gasteiger charge is -2.20. The Hall–Kier alpha value is -1.13. The van der Waals surface area contributed by atoms with Crippen LogP contribution in [0.3, 0.4) is 0 Å². The lowest BCUT2D eigenvalue weighted by molar-refractivity contribution is 0.283. The van der Waals surface area contributed by atoms with Crippen LogP contribution in [0.1, 0.15) is 18.4 Å². The number of likely N-dealkylation sites (N-methyl/N-ethyl adjacent to an activating group) is 1. The molecule has 1 atom stereocenters. The Bertz CT molecular complexity index is 625. The first-order valence-electron chi connectivity index (χ1n) is 6.55. The van der Waals surface area contributed by atoms with Crippen molar-refractivity contribution in [2.24, 2.45) is 0 Å². The number of rotatable bonds is 2. The number of hydrogen-bond donors (Lipinski definition) is 1. The second-order valence-electron chi connectivity index (χ2n) is 5.29. The number of hydrogen-bond acceptors (Lipinski definition) is 2. The lowest BCUT2D eigenvalue weighted by atomic mass is 10.2. The first-order chi connectivity index (χ1) is 8.66. The smallest absolute Gasteiger partial charge is 0.178 e. The molecule has 96 valence electrons. The van der Waals surface area contributed by atoms with Crippen LogP contribution in [-0.4, -0.2) is 34.1 Å². The summed E-state index contributed by atoms with van der Waals surface area (Å²) in [5, 5.41) is 0. The van der Waals surface area contributed by atoms with E-state index in [0.717, 1.165) is 16.8 Å². The van der Waals surface area contributed by atoms with Gasteiger partial charge < -0.3 is 14.5 Å². The van der Waals surface area contributed by atoms with Gasteiger partial charge in [0.2, 0.25) is 0 Å². The van der Waals surface area contributed by atoms with E-state index in [9.17, 15) is 0 Å². The Morgan fingerprint density at radius 2 is 2.28 bits per heavy atom. The molecule has 0 aliphatic carbocycles. The van der Waals surface area contributed by atoms with Crippen LogP contribution in [0.25, 0.3) is 11.0 Å². The van der Waals surface area contributed by atoms with Gasteiger partial charge in [-0.15, -0.1) is 0 Å². The van der Waals surface area contributed by atoms with Gasteiger partial charge in [-0.2, -0.15) is 0 Å². The van der Waals surface area contributed by atoms with Gasteiger partial charge >= 0.3 is 0 Å². The van der Waals surface area contributed by atoms with Gasteiger partial charge in [-0.05, 0) is 57.2 Å². The summed E-state index contributed by atoms with van der Waals surface area (Å²) in [6.45, 7) is 4.36. The van der Waals surface area contributed by atoms with Crippen molar-refractivity contribution in [2.45, 2.75) is 32.4 Å². The SMILES string of the molecule is Cc1cccc2[nH]c(=S)n(CC3CCCN3C)c12. The fraction of sp³-hybridized carbons (Fsp3) is 0.500. The molecule has 1 fully saturated rings. The number of aromatic amines is 1. The van der Waals surface area contributed by atoms with Crippen LogP contribution in [-0.2, 0) is 6.54 Å². The van der Waals surface area contributed by atoms with Gasteiger partial charge in [-0.1, -0.05) is 12.1 Å². The van der Waals surface area contributed by atoms with E-state index in [4.69, 9.17) is 12.2 Å². The fourth-order valence-electron chi connectivity index (χ4n) is 3.00. The highest BCUT2D eigenvalue weighted by Gasteiger charge is 2.22. The van der Waals surface area contributed by atoms with E-state index >= 15 is 0 Å². The summed E-state index contributed by atoms with van der Waals surface area (Å²) in [4.78, 5) is 5.76. The lowest BCUT2D eigenvalue weighted by Crippen LogP contribution is -2.29. The molecule has 1 aliphatic heterocycles. The second kappa shape index (κ2) is 4.52. The maximum absolute atomic E-state index is 5.47. The van der Waals surface area contributed by atoms with E-state index in [1.54, 1.807) is 0 Å². The normalized spacial score (nSPS) is 20.9. The molecule has 1 aromatic carbocycles. The summed E-state index contributed by atoms with van der Waals surface area (Å²) in [5.74, 6) is 0. The number of H-pyrrole nitrogens is 1. The minimum absolute atomic E-state index is 0.621. The number of fused-ring (bicyclic) bond motifs is 1. The third kappa shape index (κ3) is 1.89. The van der Waals surface area contributed by atoms with Gasteiger partial charge in [-0.3, -0.25) is 0 Å². The highest BCUT2D eigenvalue weighted by Crippen LogP contribution is 2.22. The standard InChI is InChI=1S/C14H19N3S/c1-10-5-3-7-12-13(10)17(14(18)15-12)9-11-6-4-8-16(11)2/h3,5,7,11H,4,6,8-9H2,1-2H3,(H,15,18). The average molecular weight is 261 g/mol. The molecule has 1 N–H and O–H groups in total. The zero-order valence-corrected chi connectivity index (χ0v) is 11.8. The topological polar surface area (TPSA) is 24.0 Å². The van der Waals surface area contributed by atoms with E-state index in [1.807, 2.05) is 0 Å². The predicted octanol–water partition coefficient (Wildman–Crippen LogP) is 3.10. The van der Waals surface area contributed by atoms with Crippen molar-refractivity contribution in [3.8, 4) is 0 Å². The van der Waals surface area contributed by atoms with Gasteiger partial charge in [0.05, 0.1) is 11.0 Å². The molecule has 0 bridgehead atoms. The van der Waals surface area contributed by atoms with Crippen molar-refractivity contribution < 1.29 is 0 Å². The molecule has 0 radical (unpaired) electrons. The number of likely N-dealkylation sites (tertiary alicyclic amines) is 1. The molecule has 2 aromatic rings. The monoisotopic (exact) mass is 261 g/mol. The third-order valence-corrected chi connectivity index (χ3v) is 4.38. The minimum atomic E-state index is 0.621. The highest BCUT2D eigenvalue weighted by atomic mass is 32.1. The van der Waals surface area contributed by atoms with Crippen LogP contribution in [0.15, 0.2) is 18.2 Å². The molecule has 18 heavy (non-hydrogen) atoms. The molecule has 1 saturated heterocycles. The molecule has 4 heteroatoms. The predicted molar refractivity (Wildman–Crippen MR) is 77.5 cm³/mol. The number of aromatic nitrogens is 2. The Morgan fingerprint density at radius 3 is 3.00 bits per heavy atom.